The Bertz CT molecular complexity index is 448. The van der Waals surface area contributed by atoms with Crippen LogP contribution in [0, 0.1) is 11.2 Å². The largest absolute Gasteiger partial charge is 0.595 e. The zero-order chi connectivity index (χ0) is 12.8. The molecule has 0 radical (unpaired) electrons. The van der Waals surface area contributed by atoms with E-state index in [1.807, 2.05) is 0 Å². The number of benzene rings is 1. The van der Waals surface area contributed by atoms with Crippen LogP contribution in [-0.4, -0.2) is 17.2 Å². The number of hydrogen-bond acceptors (Lipinski definition) is 2. The fourth-order valence-corrected chi connectivity index (χ4v) is 1.22. The van der Waals surface area contributed by atoms with E-state index in [9.17, 15) is 9.18 Å². The second kappa shape index (κ2) is 5.79. The molecule has 1 rings (SSSR count). The fourth-order valence-electron chi connectivity index (χ4n) is 1.22. The number of allylic oxidation sites excluding steroid dienone is 2. The summed E-state index contributed by atoms with van der Waals surface area (Å²) in [5.41, 5.74) is 0.841. The number of halogens is 1. The van der Waals surface area contributed by atoms with Gasteiger partial charge in [-0.2, -0.15) is 0 Å². The number of amides is 1. The fraction of sp³-hybridized carbons (Fsp3) is 0.167. The highest BCUT2D eigenvalue weighted by Gasteiger charge is 2.08. The van der Waals surface area contributed by atoms with E-state index in [1.54, 1.807) is 0 Å². The van der Waals surface area contributed by atoms with Crippen LogP contribution in [0.1, 0.15) is 12.5 Å². The van der Waals surface area contributed by atoms with E-state index in [-0.39, 0.29) is 29.6 Å². The van der Waals surface area contributed by atoms with Crippen LogP contribution >= 0.6 is 0 Å². The first-order valence-electron chi connectivity index (χ1n) is 5.00. The summed E-state index contributed by atoms with van der Waals surface area (Å²) < 4.78 is 12.6. The Balaban J connectivity index is 2.64. The summed E-state index contributed by atoms with van der Waals surface area (Å²) in [7, 11) is 0. The Hall–Kier alpha value is -2.17. The number of carbonyl (C=O) groups is 1. The van der Waals surface area contributed by atoms with Gasteiger partial charge in [-0.15, -0.1) is 0 Å². The molecule has 4 nitrogen and oxygen atoms in total. The Morgan fingerprint density at radius 3 is 2.53 bits per heavy atom. The number of nitrogens with one attached hydrogen (secondary N) is 2. The maximum Gasteiger partial charge on any atom is 0.251 e. The molecule has 1 amide bonds. The van der Waals surface area contributed by atoms with E-state index < -0.39 is 0 Å². The van der Waals surface area contributed by atoms with Gasteiger partial charge in [0.1, 0.15) is 11.5 Å². The van der Waals surface area contributed by atoms with Crippen molar-refractivity contribution in [3.05, 3.63) is 47.1 Å². The Morgan fingerprint density at radius 1 is 1.47 bits per heavy atom. The van der Waals surface area contributed by atoms with Gasteiger partial charge in [0.15, 0.2) is 0 Å². The Kier molecular flexibility index (Phi) is 4.39. The summed E-state index contributed by atoms with van der Waals surface area (Å²) in [6.45, 7) is 1.48. The molecular weight excluding hydrogens is 223 g/mol. The SMILES string of the molecule is C/C([OH2+])=C(/C=N)NC(=O)Cc1ccc(F)cc1. The van der Waals surface area contributed by atoms with Gasteiger partial charge in [-0.25, -0.2) is 4.39 Å². The molecule has 17 heavy (non-hydrogen) atoms. The molecule has 0 aliphatic heterocycles. The lowest BCUT2D eigenvalue weighted by molar-refractivity contribution is -0.119. The molecule has 5 heteroatoms. The van der Waals surface area contributed by atoms with E-state index in [0.29, 0.717) is 5.56 Å². The molecule has 4 N–H and O–H groups in total. The molecule has 0 aliphatic carbocycles. The number of rotatable bonds is 4. The predicted molar refractivity (Wildman–Crippen MR) is 63.3 cm³/mol. The molecular formula is C12H14FN2O2+. The van der Waals surface area contributed by atoms with Crippen molar-refractivity contribution in [1.82, 2.24) is 5.32 Å². The van der Waals surface area contributed by atoms with E-state index in [4.69, 9.17) is 10.5 Å². The van der Waals surface area contributed by atoms with Crippen molar-refractivity contribution in [1.29, 1.82) is 5.41 Å². The molecule has 0 aromatic heterocycles. The minimum absolute atomic E-state index is 0.0882. The van der Waals surface area contributed by atoms with Crippen molar-refractivity contribution >= 4 is 12.1 Å². The molecule has 0 atom stereocenters. The monoisotopic (exact) mass is 237 g/mol. The summed E-state index contributed by atoms with van der Waals surface area (Å²) >= 11 is 0. The third-order valence-electron chi connectivity index (χ3n) is 2.10. The Morgan fingerprint density at radius 2 is 2.06 bits per heavy atom. The highest BCUT2D eigenvalue weighted by molar-refractivity contribution is 5.88. The molecule has 0 heterocycles. The van der Waals surface area contributed by atoms with Crippen LogP contribution in [0.25, 0.3) is 0 Å². The zero-order valence-electron chi connectivity index (χ0n) is 9.38. The smallest absolute Gasteiger partial charge is 0.251 e. The standard InChI is InChI=1S/C12H13FN2O2/c1-8(16)11(7-14)15-12(17)6-9-2-4-10(13)5-3-9/h2-5,7,14,16H,6H2,1H3,(H,15,17)/p+1/b11-8+,14-7?. The van der Waals surface area contributed by atoms with Crippen LogP contribution in [0.4, 0.5) is 4.39 Å². The molecule has 90 valence electrons. The van der Waals surface area contributed by atoms with Gasteiger partial charge in [-0.05, 0) is 17.7 Å². The lowest BCUT2D eigenvalue weighted by atomic mass is 10.1. The highest BCUT2D eigenvalue weighted by atomic mass is 19.1. The minimum atomic E-state index is -0.351. The highest BCUT2D eigenvalue weighted by Crippen LogP contribution is 2.04. The van der Waals surface area contributed by atoms with Gasteiger partial charge in [0, 0.05) is 6.92 Å². The lowest BCUT2D eigenvalue weighted by Gasteiger charge is -2.04. The zero-order valence-corrected chi connectivity index (χ0v) is 9.38. The van der Waals surface area contributed by atoms with E-state index >= 15 is 0 Å². The molecule has 0 fully saturated rings. The van der Waals surface area contributed by atoms with Crippen molar-refractivity contribution in [2.24, 2.45) is 0 Å². The van der Waals surface area contributed by atoms with Crippen molar-refractivity contribution in [2.45, 2.75) is 13.3 Å². The number of hydrogen-bond donors (Lipinski definition) is 2. The average Bonchev–Trinajstić information content (AvgIpc) is 2.28. The van der Waals surface area contributed by atoms with Gasteiger partial charge < -0.3 is 15.8 Å². The molecule has 0 aliphatic rings. The first kappa shape index (κ1) is 12.9. The van der Waals surface area contributed by atoms with Gasteiger partial charge in [-0.3, -0.25) is 4.79 Å². The molecule has 1 aromatic carbocycles. The van der Waals surface area contributed by atoms with Gasteiger partial charge in [0.25, 0.3) is 5.76 Å². The van der Waals surface area contributed by atoms with Gasteiger partial charge in [-0.1, -0.05) is 12.1 Å². The van der Waals surface area contributed by atoms with Crippen LogP contribution in [-0.2, 0) is 11.2 Å². The predicted octanol–water partition coefficient (Wildman–Crippen LogP) is 1.09. The quantitative estimate of drug-likeness (QED) is 0.459. The van der Waals surface area contributed by atoms with Crippen LogP contribution in [0.15, 0.2) is 35.7 Å². The number of carbonyl (C=O) groups excluding carboxylic acids is 1. The van der Waals surface area contributed by atoms with Crippen molar-refractivity contribution in [3.63, 3.8) is 0 Å². The summed E-state index contributed by atoms with van der Waals surface area (Å²) in [5, 5.41) is 16.8. The molecule has 0 unspecified atom stereocenters. The van der Waals surface area contributed by atoms with E-state index in [0.717, 1.165) is 6.21 Å². The summed E-state index contributed by atoms with van der Waals surface area (Å²) in [6, 6.07) is 5.62. The third-order valence-corrected chi connectivity index (χ3v) is 2.10. The summed E-state index contributed by atoms with van der Waals surface area (Å²) in [4.78, 5) is 11.5. The molecule has 0 bridgehead atoms. The van der Waals surface area contributed by atoms with E-state index in [2.05, 4.69) is 5.32 Å². The first-order valence-corrected chi connectivity index (χ1v) is 5.00. The topological polar surface area (TPSA) is 75.8 Å². The molecule has 0 saturated carbocycles. The maximum absolute atomic E-state index is 12.6. The minimum Gasteiger partial charge on any atom is -0.595 e. The maximum atomic E-state index is 12.6. The van der Waals surface area contributed by atoms with Crippen molar-refractivity contribution < 1.29 is 14.3 Å². The average molecular weight is 237 g/mol. The summed E-state index contributed by atoms with van der Waals surface area (Å²) in [6.07, 6.45) is 1.01. The normalized spacial score (nSPS) is 11.6. The van der Waals surface area contributed by atoms with Gasteiger partial charge >= 0.3 is 0 Å². The second-order valence-electron chi connectivity index (χ2n) is 3.53. The third kappa shape index (κ3) is 4.06. The Labute approximate surface area is 98.3 Å². The van der Waals surface area contributed by atoms with E-state index in [1.165, 1.54) is 31.2 Å². The van der Waals surface area contributed by atoms with Crippen molar-refractivity contribution in [2.75, 3.05) is 0 Å². The van der Waals surface area contributed by atoms with Crippen LogP contribution in [0.3, 0.4) is 0 Å². The first-order chi connectivity index (χ1) is 8.02. The van der Waals surface area contributed by atoms with Crippen molar-refractivity contribution in [3.8, 4) is 0 Å². The molecule has 0 spiro atoms. The lowest BCUT2D eigenvalue weighted by Crippen LogP contribution is -2.26. The molecule has 0 saturated heterocycles. The van der Waals surface area contributed by atoms with Crippen LogP contribution in [0.5, 0.6) is 0 Å². The second-order valence-corrected chi connectivity index (χ2v) is 3.53. The van der Waals surface area contributed by atoms with Crippen LogP contribution in [0.2, 0.25) is 0 Å². The summed E-state index contributed by atoms with van der Waals surface area (Å²) in [5.74, 6) is -0.564. The van der Waals surface area contributed by atoms with Gasteiger partial charge in [0.05, 0.1) is 12.6 Å². The van der Waals surface area contributed by atoms with Gasteiger partial charge in [0.2, 0.25) is 5.91 Å². The van der Waals surface area contributed by atoms with Crippen LogP contribution < -0.4 is 5.32 Å². The molecule has 1 aromatic rings.